The maximum atomic E-state index is 5.60. The van der Waals surface area contributed by atoms with Crippen LogP contribution in [0.2, 0.25) is 0 Å². The van der Waals surface area contributed by atoms with E-state index in [2.05, 4.69) is 17.3 Å². The van der Waals surface area contributed by atoms with E-state index in [0.29, 0.717) is 0 Å². The van der Waals surface area contributed by atoms with Crippen LogP contribution in [-0.4, -0.2) is 16.4 Å². The van der Waals surface area contributed by atoms with E-state index in [0.717, 1.165) is 36.6 Å². The Bertz CT molecular complexity index is 493. The molecule has 0 aliphatic carbocycles. The van der Waals surface area contributed by atoms with Gasteiger partial charge < -0.3 is 10.1 Å². The smallest absolute Gasteiger partial charge is 0.121 e. The standard InChI is InChI=1S/C14H19N3O/c1-3-7-18-14-6-4-5-13(8-14)15-9-12-10-16-17(2)11-12/h4-6,8,10-11,15H,3,7,9H2,1-2H3. The summed E-state index contributed by atoms with van der Waals surface area (Å²) in [5.74, 6) is 0.910. The molecular weight excluding hydrogens is 226 g/mol. The fourth-order valence-corrected chi connectivity index (χ4v) is 1.68. The Morgan fingerprint density at radius 2 is 2.28 bits per heavy atom. The maximum absolute atomic E-state index is 5.60. The Labute approximate surface area is 108 Å². The number of aryl methyl sites for hydroxylation is 1. The molecule has 4 nitrogen and oxygen atoms in total. The van der Waals surface area contributed by atoms with Gasteiger partial charge in [0.25, 0.3) is 0 Å². The van der Waals surface area contributed by atoms with Gasteiger partial charge in [-0.05, 0) is 18.6 Å². The van der Waals surface area contributed by atoms with Gasteiger partial charge in [0.05, 0.1) is 12.8 Å². The summed E-state index contributed by atoms with van der Waals surface area (Å²) in [5.41, 5.74) is 2.23. The Morgan fingerprint density at radius 3 is 3.00 bits per heavy atom. The summed E-state index contributed by atoms with van der Waals surface area (Å²) in [4.78, 5) is 0. The molecule has 1 heterocycles. The van der Waals surface area contributed by atoms with Crippen LogP contribution in [0, 0.1) is 0 Å². The van der Waals surface area contributed by atoms with Crippen molar-refractivity contribution in [1.82, 2.24) is 9.78 Å². The first-order chi connectivity index (χ1) is 8.78. The third-order valence-electron chi connectivity index (χ3n) is 2.56. The third kappa shape index (κ3) is 3.52. The zero-order valence-corrected chi connectivity index (χ0v) is 10.9. The summed E-state index contributed by atoms with van der Waals surface area (Å²) in [6, 6.07) is 8.03. The van der Waals surface area contributed by atoms with E-state index < -0.39 is 0 Å². The molecular formula is C14H19N3O. The number of benzene rings is 1. The lowest BCUT2D eigenvalue weighted by Gasteiger charge is -2.08. The largest absolute Gasteiger partial charge is 0.494 e. The number of hydrogen-bond acceptors (Lipinski definition) is 3. The van der Waals surface area contributed by atoms with E-state index in [1.807, 2.05) is 43.7 Å². The third-order valence-corrected chi connectivity index (χ3v) is 2.56. The zero-order chi connectivity index (χ0) is 12.8. The van der Waals surface area contributed by atoms with Crippen molar-refractivity contribution in [1.29, 1.82) is 0 Å². The van der Waals surface area contributed by atoms with Gasteiger partial charge in [-0.1, -0.05) is 13.0 Å². The second kappa shape index (κ2) is 6.10. The number of nitrogens with one attached hydrogen (secondary N) is 1. The van der Waals surface area contributed by atoms with Crippen molar-refractivity contribution in [3.8, 4) is 5.75 Å². The van der Waals surface area contributed by atoms with Crippen molar-refractivity contribution in [2.75, 3.05) is 11.9 Å². The maximum Gasteiger partial charge on any atom is 0.121 e. The molecule has 0 spiro atoms. The highest BCUT2D eigenvalue weighted by Gasteiger charge is 1.98. The van der Waals surface area contributed by atoms with Crippen LogP contribution in [0.5, 0.6) is 5.75 Å². The average molecular weight is 245 g/mol. The van der Waals surface area contributed by atoms with Gasteiger partial charge in [-0.3, -0.25) is 4.68 Å². The monoisotopic (exact) mass is 245 g/mol. The van der Waals surface area contributed by atoms with E-state index >= 15 is 0 Å². The van der Waals surface area contributed by atoms with Gasteiger partial charge >= 0.3 is 0 Å². The quantitative estimate of drug-likeness (QED) is 0.850. The van der Waals surface area contributed by atoms with Gasteiger partial charge in [0.2, 0.25) is 0 Å². The molecule has 0 saturated carbocycles. The van der Waals surface area contributed by atoms with Crippen LogP contribution >= 0.6 is 0 Å². The Balaban J connectivity index is 1.92. The zero-order valence-electron chi connectivity index (χ0n) is 10.9. The number of rotatable bonds is 6. The van der Waals surface area contributed by atoms with Crippen molar-refractivity contribution < 1.29 is 4.74 Å². The Hall–Kier alpha value is -1.97. The number of anilines is 1. The molecule has 96 valence electrons. The normalized spacial score (nSPS) is 10.3. The minimum atomic E-state index is 0.756. The molecule has 0 radical (unpaired) electrons. The van der Waals surface area contributed by atoms with E-state index in [9.17, 15) is 0 Å². The van der Waals surface area contributed by atoms with E-state index in [-0.39, 0.29) is 0 Å². The van der Waals surface area contributed by atoms with Crippen molar-refractivity contribution >= 4 is 5.69 Å². The lowest BCUT2D eigenvalue weighted by molar-refractivity contribution is 0.317. The average Bonchev–Trinajstić information content (AvgIpc) is 2.80. The van der Waals surface area contributed by atoms with Crippen molar-refractivity contribution in [2.45, 2.75) is 19.9 Å². The molecule has 0 unspecified atom stereocenters. The fourth-order valence-electron chi connectivity index (χ4n) is 1.68. The van der Waals surface area contributed by atoms with Gasteiger partial charge in [0.1, 0.15) is 5.75 Å². The molecule has 0 atom stereocenters. The summed E-state index contributed by atoms with van der Waals surface area (Å²) in [6.07, 6.45) is 4.89. The number of ether oxygens (including phenoxy) is 1. The van der Waals surface area contributed by atoms with Gasteiger partial charge in [-0.15, -0.1) is 0 Å². The minimum absolute atomic E-state index is 0.756. The van der Waals surface area contributed by atoms with Crippen LogP contribution in [0.1, 0.15) is 18.9 Å². The highest BCUT2D eigenvalue weighted by atomic mass is 16.5. The lowest BCUT2D eigenvalue weighted by atomic mass is 10.3. The van der Waals surface area contributed by atoms with Crippen molar-refractivity contribution in [3.05, 3.63) is 42.2 Å². The summed E-state index contributed by atoms with van der Waals surface area (Å²) < 4.78 is 7.40. The van der Waals surface area contributed by atoms with Gasteiger partial charge in [0, 0.05) is 37.1 Å². The SMILES string of the molecule is CCCOc1cccc(NCc2cnn(C)c2)c1. The molecule has 2 aromatic rings. The summed E-state index contributed by atoms with van der Waals surface area (Å²) in [7, 11) is 1.92. The van der Waals surface area contributed by atoms with Gasteiger partial charge in [-0.2, -0.15) is 5.10 Å². The highest BCUT2D eigenvalue weighted by molar-refractivity contribution is 5.48. The number of hydrogen-bond donors (Lipinski definition) is 1. The lowest BCUT2D eigenvalue weighted by Crippen LogP contribution is -2.00. The van der Waals surface area contributed by atoms with Crippen LogP contribution in [0.3, 0.4) is 0 Å². The molecule has 0 fully saturated rings. The topological polar surface area (TPSA) is 39.1 Å². The molecule has 0 aliphatic rings. The molecule has 0 amide bonds. The molecule has 0 saturated heterocycles. The molecule has 1 N–H and O–H groups in total. The van der Waals surface area contributed by atoms with Crippen molar-refractivity contribution in [2.24, 2.45) is 7.05 Å². The number of nitrogens with zero attached hydrogens (tertiary/aromatic N) is 2. The predicted octanol–water partition coefficient (Wildman–Crippen LogP) is 2.82. The molecule has 18 heavy (non-hydrogen) atoms. The van der Waals surface area contributed by atoms with Crippen LogP contribution in [-0.2, 0) is 13.6 Å². The first-order valence-electron chi connectivity index (χ1n) is 6.22. The predicted molar refractivity (Wildman–Crippen MR) is 72.8 cm³/mol. The summed E-state index contributed by atoms with van der Waals surface area (Å²) in [6.45, 7) is 3.63. The highest BCUT2D eigenvalue weighted by Crippen LogP contribution is 2.18. The second-order valence-corrected chi connectivity index (χ2v) is 4.25. The second-order valence-electron chi connectivity index (χ2n) is 4.25. The first-order valence-corrected chi connectivity index (χ1v) is 6.22. The minimum Gasteiger partial charge on any atom is -0.494 e. The molecule has 0 aliphatic heterocycles. The first kappa shape index (κ1) is 12.5. The summed E-state index contributed by atoms with van der Waals surface area (Å²) in [5, 5.41) is 7.50. The molecule has 1 aromatic carbocycles. The van der Waals surface area contributed by atoms with E-state index in [1.54, 1.807) is 4.68 Å². The van der Waals surface area contributed by atoms with Crippen molar-refractivity contribution in [3.63, 3.8) is 0 Å². The Kier molecular flexibility index (Phi) is 4.23. The summed E-state index contributed by atoms with van der Waals surface area (Å²) >= 11 is 0. The van der Waals surface area contributed by atoms with E-state index in [1.165, 1.54) is 0 Å². The molecule has 1 aromatic heterocycles. The van der Waals surface area contributed by atoms with E-state index in [4.69, 9.17) is 4.74 Å². The van der Waals surface area contributed by atoms with Crippen LogP contribution in [0.4, 0.5) is 5.69 Å². The number of aromatic nitrogens is 2. The molecule has 4 heteroatoms. The Morgan fingerprint density at radius 1 is 1.39 bits per heavy atom. The van der Waals surface area contributed by atoms with Gasteiger partial charge in [-0.25, -0.2) is 0 Å². The van der Waals surface area contributed by atoms with Crippen LogP contribution in [0.25, 0.3) is 0 Å². The van der Waals surface area contributed by atoms with Gasteiger partial charge in [0.15, 0.2) is 0 Å². The fraction of sp³-hybridized carbons (Fsp3) is 0.357. The molecule has 2 rings (SSSR count). The van der Waals surface area contributed by atoms with Crippen LogP contribution < -0.4 is 10.1 Å². The molecule has 0 bridgehead atoms. The van der Waals surface area contributed by atoms with Crippen LogP contribution in [0.15, 0.2) is 36.7 Å².